The van der Waals surface area contributed by atoms with Crippen LogP contribution >= 0.6 is 11.3 Å². The third-order valence-corrected chi connectivity index (χ3v) is 8.31. The maximum Gasteiger partial charge on any atom is 0.151 e. The van der Waals surface area contributed by atoms with Gasteiger partial charge in [0.2, 0.25) is 0 Å². The summed E-state index contributed by atoms with van der Waals surface area (Å²) >= 11 is 1.67. The van der Waals surface area contributed by atoms with Crippen molar-refractivity contribution in [1.82, 2.24) is 19.9 Å². The van der Waals surface area contributed by atoms with Crippen LogP contribution in [0.5, 0.6) is 5.75 Å². The largest absolute Gasteiger partial charge is 0.491 e. The Kier molecular flexibility index (Phi) is 8.12. The Labute approximate surface area is 244 Å². The van der Waals surface area contributed by atoms with Crippen molar-refractivity contribution in [2.24, 2.45) is 0 Å². The minimum absolute atomic E-state index is 0.259. The van der Waals surface area contributed by atoms with Gasteiger partial charge in [-0.15, -0.1) is 17.8 Å². The molecule has 41 heavy (non-hydrogen) atoms. The Morgan fingerprint density at radius 2 is 1.73 bits per heavy atom. The van der Waals surface area contributed by atoms with Crippen molar-refractivity contribution in [2.45, 2.75) is 19.6 Å². The minimum Gasteiger partial charge on any atom is -0.491 e. The van der Waals surface area contributed by atoms with Gasteiger partial charge in [0.05, 0.1) is 21.8 Å². The van der Waals surface area contributed by atoms with Gasteiger partial charge in [-0.3, -0.25) is 9.80 Å². The zero-order valence-corrected chi connectivity index (χ0v) is 23.8. The third kappa shape index (κ3) is 6.50. The minimum atomic E-state index is -0.553. The van der Waals surface area contributed by atoms with Gasteiger partial charge >= 0.3 is 0 Å². The molecule has 2 aliphatic carbocycles. The molecule has 3 heterocycles. The first kappa shape index (κ1) is 27.2. The van der Waals surface area contributed by atoms with Crippen LogP contribution in [0, 0.1) is 19.3 Å². The lowest BCUT2D eigenvalue weighted by Crippen LogP contribution is -2.48. The summed E-state index contributed by atoms with van der Waals surface area (Å²) in [5, 5.41) is 15.8. The highest BCUT2D eigenvalue weighted by molar-refractivity contribution is 7.18. The summed E-state index contributed by atoms with van der Waals surface area (Å²) in [5.41, 5.74) is 6.27. The number of ether oxygens (including phenoxy) is 1. The number of piperazine rings is 1. The number of aromatic nitrogens is 2. The molecule has 1 saturated heterocycles. The molecule has 1 N–H and O–H groups in total. The average Bonchev–Trinajstić information content (AvgIpc) is 3.60. The van der Waals surface area contributed by atoms with E-state index in [2.05, 4.69) is 50.1 Å². The number of aliphatic hydroxyl groups excluding tert-OH is 1. The van der Waals surface area contributed by atoms with Gasteiger partial charge in [0.1, 0.15) is 24.2 Å². The van der Waals surface area contributed by atoms with E-state index >= 15 is 0 Å². The molecule has 1 fully saturated rings. The van der Waals surface area contributed by atoms with E-state index in [0.29, 0.717) is 13.1 Å². The van der Waals surface area contributed by atoms with E-state index < -0.39 is 6.10 Å². The molecule has 3 aliphatic rings. The Hall–Kier alpha value is -4.00. The monoisotopic (exact) mass is 564 g/mol. The SMILES string of the molecule is C#Cc1ccccc1-c1cc(CN2CCN(C[C@H](O)COc3ccc4sc(C)nc4c3)CC2)on1.c1cc2ccc1-2. The molecule has 7 nitrogen and oxygen atoms in total. The van der Waals surface area contributed by atoms with Crippen LogP contribution in [-0.2, 0) is 6.54 Å². The van der Waals surface area contributed by atoms with Gasteiger partial charge in [0, 0.05) is 56.0 Å². The molecule has 2 aromatic heterocycles. The summed E-state index contributed by atoms with van der Waals surface area (Å²) in [7, 11) is 0. The number of hydrogen-bond donors (Lipinski definition) is 1. The fourth-order valence-electron chi connectivity index (χ4n) is 5.02. The van der Waals surface area contributed by atoms with Crippen LogP contribution in [0.2, 0.25) is 0 Å². The average molecular weight is 565 g/mol. The number of thiazole rings is 1. The van der Waals surface area contributed by atoms with Crippen LogP contribution in [0.3, 0.4) is 0 Å². The molecular weight excluding hydrogens is 532 g/mol. The number of nitrogens with zero attached hydrogens (tertiary/aromatic N) is 4. The number of hydrogen-bond acceptors (Lipinski definition) is 8. The van der Waals surface area contributed by atoms with E-state index in [1.54, 1.807) is 11.3 Å². The molecule has 0 unspecified atom stereocenters. The molecule has 1 atom stereocenters. The molecule has 2 aromatic carbocycles. The van der Waals surface area contributed by atoms with E-state index in [4.69, 9.17) is 15.7 Å². The second-order valence-electron chi connectivity index (χ2n) is 10.3. The number of aryl methyl sites for hydroxylation is 1. The van der Waals surface area contributed by atoms with Gasteiger partial charge in [-0.25, -0.2) is 4.98 Å². The number of aliphatic hydroxyl groups is 1. The molecule has 0 saturated carbocycles. The molecular formula is C33H32N4O3S. The van der Waals surface area contributed by atoms with Gasteiger partial charge in [0.25, 0.3) is 0 Å². The topological polar surface area (TPSA) is 74.9 Å². The predicted molar refractivity (Wildman–Crippen MR) is 163 cm³/mol. The first-order valence-electron chi connectivity index (χ1n) is 13.8. The van der Waals surface area contributed by atoms with Crippen molar-refractivity contribution in [3.8, 4) is 40.5 Å². The lowest BCUT2D eigenvalue weighted by atomic mass is 9.95. The number of β-amino-alcohol motifs (C(OH)–C–C–N with tert-alkyl or cyclic N) is 1. The second-order valence-corrected chi connectivity index (χ2v) is 11.6. The third-order valence-electron chi connectivity index (χ3n) is 7.36. The Balaban J connectivity index is 0.000000440. The van der Waals surface area contributed by atoms with Crippen LogP contribution in [0.4, 0.5) is 0 Å². The first-order chi connectivity index (χ1) is 20.0. The van der Waals surface area contributed by atoms with Crippen molar-refractivity contribution < 1.29 is 14.4 Å². The van der Waals surface area contributed by atoms with Crippen molar-refractivity contribution in [2.75, 3.05) is 39.3 Å². The molecule has 4 aromatic rings. The van der Waals surface area contributed by atoms with Crippen molar-refractivity contribution >= 4 is 21.6 Å². The van der Waals surface area contributed by atoms with Crippen LogP contribution in [0.25, 0.3) is 32.6 Å². The summed E-state index contributed by atoms with van der Waals surface area (Å²) in [6.07, 6.45) is 5.06. The van der Waals surface area contributed by atoms with E-state index in [-0.39, 0.29) is 6.61 Å². The van der Waals surface area contributed by atoms with E-state index in [1.807, 2.05) is 55.5 Å². The molecule has 0 bridgehead atoms. The quantitative estimate of drug-likeness (QED) is 0.246. The molecule has 8 heteroatoms. The smallest absolute Gasteiger partial charge is 0.151 e. The Bertz CT molecular complexity index is 1640. The normalized spacial score (nSPS) is 15.1. The first-order valence-corrected chi connectivity index (χ1v) is 14.6. The molecule has 0 amide bonds. The highest BCUT2D eigenvalue weighted by atomic mass is 32.1. The maximum absolute atomic E-state index is 10.5. The lowest BCUT2D eigenvalue weighted by Gasteiger charge is -2.35. The van der Waals surface area contributed by atoms with Gasteiger partial charge < -0.3 is 14.4 Å². The van der Waals surface area contributed by atoms with Crippen LogP contribution in [0.15, 0.2) is 77.3 Å². The molecule has 0 radical (unpaired) electrons. The standard InChI is InChI=1S/C27H28N4O3S.C6H4/c1-3-20-6-4-5-7-24(20)25-15-23(34-29-25)17-31-12-10-30(11-13-31)16-21(32)18-33-22-8-9-27-26(14-22)28-19(2)35-27;1-2-6-4-3-5(1)6/h1,4-9,14-15,21,32H,10-13,16-18H2,2H3;1-4H/t21-;/m0./s1. The fourth-order valence-corrected chi connectivity index (χ4v) is 5.82. The summed E-state index contributed by atoms with van der Waals surface area (Å²) in [6, 6.07) is 24.1. The highest BCUT2D eigenvalue weighted by Crippen LogP contribution is 2.29. The number of fused-ring (bicyclic) bond motifs is 2. The van der Waals surface area contributed by atoms with Gasteiger partial charge in [0.15, 0.2) is 5.76 Å². The number of rotatable bonds is 8. The summed E-state index contributed by atoms with van der Waals surface area (Å²) in [5.74, 6) is 4.26. The summed E-state index contributed by atoms with van der Waals surface area (Å²) in [4.78, 5) is 9.11. The lowest BCUT2D eigenvalue weighted by molar-refractivity contribution is 0.0430. The highest BCUT2D eigenvalue weighted by Gasteiger charge is 2.21. The maximum atomic E-state index is 10.5. The van der Waals surface area contributed by atoms with E-state index in [0.717, 1.165) is 69.7 Å². The number of terminal acetylenes is 1. The Morgan fingerprint density at radius 3 is 2.44 bits per heavy atom. The van der Waals surface area contributed by atoms with Crippen molar-refractivity contribution in [1.29, 1.82) is 0 Å². The molecule has 208 valence electrons. The van der Waals surface area contributed by atoms with E-state index in [1.165, 1.54) is 11.1 Å². The van der Waals surface area contributed by atoms with Gasteiger partial charge in [-0.2, -0.15) is 0 Å². The van der Waals surface area contributed by atoms with Crippen LogP contribution in [0.1, 0.15) is 16.3 Å². The fraction of sp³-hybridized carbons (Fsp3) is 0.273. The zero-order chi connectivity index (χ0) is 28.2. The zero-order valence-electron chi connectivity index (χ0n) is 23.0. The second kappa shape index (κ2) is 12.2. The van der Waals surface area contributed by atoms with Crippen LogP contribution < -0.4 is 4.74 Å². The molecule has 0 spiro atoms. The number of benzene rings is 3. The summed E-state index contributed by atoms with van der Waals surface area (Å²) < 4.78 is 12.6. The van der Waals surface area contributed by atoms with E-state index in [9.17, 15) is 5.11 Å². The van der Waals surface area contributed by atoms with Gasteiger partial charge in [-0.1, -0.05) is 53.5 Å². The van der Waals surface area contributed by atoms with Crippen molar-refractivity contribution in [3.63, 3.8) is 0 Å². The van der Waals surface area contributed by atoms with Crippen LogP contribution in [-0.4, -0.2) is 70.5 Å². The Morgan fingerprint density at radius 1 is 1.00 bits per heavy atom. The van der Waals surface area contributed by atoms with Crippen molar-refractivity contribution in [3.05, 3.63) is 89.1 Å². The molecule has 7 rings (SSSR count). The van der Waals surface area contributed by atoms with Gasteiger partial charge in [-0.05, 0) is 36.2 Å². The predicted octanol–water partition coefficient (Wildman–Crippen LogP) is 5.47. The summed E-state index contributed by atoms with van der Waals surface area (Å²) in [6.45, 7) is 7.08. The molecule has 1 aliphatic heterocycles.